The number of carbonyl (C=O) groups is 1. The summed E-state index contributed by atoms with van der Waals surface area (Å²) in [7, 11) is 0. The molecule has 0 aliphatic heterocycles. The normalized spacial score (nSPS) is 16.9. The van der Waals surface area contributed by atoms with Crippen LogP contribution in [0.15, 0.2) is 24.3 Å². The molecule has 0 heterocycles. The summed E-state index contributed by atoms with van der Waals surface area (Å²) in [6.45, 7) is 0. The smallest absolute Gasteiger partial charge is 0.319 e. The molecule has 1 aromatic rings. The van der Waals surface area contributed by atoms with Crippen molar-refractivity contribution in [3.63, 3.8) is 0 Å². The largest absolute Gasteiger partial charge is 0.335 e. The minimum absolute atomic E-state index is 0.157. The van der Waals surface area contributed by atoms with Crippen LogP contribution in [0.2, 0.25) is 5.02 Å². The molecule has 0 saturated heterocycles. The second-order valence-electron chi connectivity index (χ2n) is 4.77. The van der Waals surface area contributed by atoms with Crippen LogP contribution in [0.5, 0.6) is 0 Å². The van der Waals surface area contributed by atoms with E-state index in [1.165, 1.54) is 25.7 Å². The Morgan fingerprint density at radius 2 is 1.78 bits per heavy atom. The van der Waals surface area contributed by atoms with Crippen molar-refractivity contribution in [2.45, 2.75) is 44.6 Å². The first kappa shape index (κ1) is 13.2. The number of amides is 2. The fraction of sp³-hybridized carbons (Fsp3) is 0.500. The molecule has 3 nitrogen and oxygen atoms in total. The Bertz CT molecular complexity index is 401. The summed E-state index contributed by atoms with van der Waals surface area (Å²) in [5.74, 6) is 0. The third-order valence-corrected chi connectivity index (χ3v) is 3.64. The Kier molecular flexibility index (Phi) is 4.88. The van der Waals surface area contributed by atoms with E-state index in [2.05, 4.69) is 10.6 Å². The van der Waals surface area contributed by atoms with Gasteiger partial charge in [0.05, 0.1) is 10.7 Å². The summed E-state index contributed by atoms with van der Waals surface area (Å²) in [6.07, 6.45) is 7.13. The Morgan fingerprint density at radius 3 is 2.44 bits per heavy atom. The lowest BCUT2D eigenvalue weighted by Gasteiger charge is -2.17. The minimum atomic E-state index is -0.157. The molecular weight excluding hydrogens is 248 g/mol. The maximum absolute atomic E-state index is 11.9. The number of hydrogen-bond donors (Lipinski definition) is 2. The number of nitrogens with one attached hydrogen (secondary N) is 2. The second kappa shape index (κ2) is 6.64. The van der Waals surface area contributed by atoms with E-state index in [1.807, 2.05) is 12.1 Å². The van der Waals surface area contributed by atoms with Crippen LogP contribution < -0.4 is 10.6 Å². The van der Waals surface area contributed by atoms with Crippen LogP contribution in [-0.2, 0) is 0 Å². The first-order valence-corrected chi connectivity index (χ1v) is 6.95. The number of rotatable bonds is 2. The van der Waals surface area contributed by atoms with Crippen molar-refractivity contribution in [2.24, 2.45) is 0 Å². The summed E-state index contributed by atoms with van der Waals surface area (Å²) in [6, 6.07) is 7.41. The Balaban J connectivity index is 1.86. The molecule has 2 N–H and O–H groups in total. The van der Waals surface area contributed by atoms with Crippen LogP contribution in [0.3, 0.4) is 0 Å². The van der Waals surface area contributed by atoms with Crippen molar-refractivity contribution in [1.29, 1.82) is 0 Å². The maximum atomic E-state index is 11.9. The number of para-hydroxylation sites is 1. The molecule has 0 radical (unpaired) electrons. The lowest BCUT2D eigenvalue weighted by Crippen LogP contribution is -2.37. The van der Waals surface area contributed by atoms with Gasteiger partial charge in [0.2, 0.25) is 0 Å². The molecule has 0 spiro atoms. The molecule has 0 atom stereocenters. The SMILES string of the molecule is O=C(Nc1ccccc1Cl)NC1CCCCCC1. The highest BCUT2D eigenvalue weighted by Crippen LogP contribution is 2.21. The van der Waals surface area contributed by atoms with Gasteiger partial charge in [-0.3, -0.25) is 0 Å². The zero-order valence-corrected chi connectivity index (χ0v) is 11.2. The molecule has 0 unspecified atom stereocenters. The lowest BCUT2D eigenvalue weighted by molar-refractivity contribution is 0.247. The van der Waals surface area contributed by atoms with Crippen LogP contribution in [0, 0.1) is 0 Å². The predicted molar refractivity (Wildman–Crippen MR) is 75.1 cm³/mol. The fourth-order valence-electron chi connectivity index (χ4n) is 2.33. The zero-order valence-electron chi connectivity index (χ0n) is 10.4. The van der Waals surface area contributed by atoms with E-state index in [1.54, 1.807) is 12.1 Å². The summed E-state index contributed by atoms with van der Waals surface area (Å²) in [5, 5.41) is 6.39. The first-order valence-electron chi connectivity index (χ1n) is 6.58. The zero-order chi connectivity index (χ0) is 12.8. The highest BCUT2D eigenvalue weighted by Gasteiger charge is 2.14. The Labute approximate surface area is 113 Å². The fourth-order valence-corrected chi connectivity index (χ4v) is 2.51. The standard InChI is InChI=1S/C14H19ClN2O/c15-12-9-5-6-10-13(12)17-14(18)16-11-7-3-1-2-4-8-11/h5-6,9-11H,1-4,7-8H2,(H2,16,17,18). The average Bonchev–Trinajstić information content (AvgIpc) is 2.61. The third kappa shape index (κ3) is 3.91. The predicted octanol–water partition coefficient (Wildman–Crippen LogP) is 4.18. The van der Waals surface area contributed by atoms with Crippen LogP contribution in [0.4, 0.5) is 10.5 Å². The van der Waals surface area contributed by atoms with Gasteiger partial charge in [0.15, 0.2) is 0 Å². The topological polar surface area (TPSA) is 41.1 Å². The molecule has 1 fully saturated rings. The van der Waals surface area contributed by atoms with Crippen molar-refractivity contribution in [2.75, 3.05) is 5.32 Å². The van der Waals surface area contributed by atoms with Gasteiger partial charge in [-0.1, -0.05) is 49.4 Å². The molecule has 2 rings (SSSR count). The van der Waals surface area contributed by atoms with Crippen LogP contribution >= 0.6 is 11.6 Å². The number of benzene rings is 1. The van der Waals surface area contributed by atoms with E-state index in [0.717, 1.165) is 12.8 Å². The molecular formula is C14H19ClN2O. The highest BCUT2D eigenvalue weighted by molar-refractivity contribution is 6.33. The van der Waals surface area contributed by atoms with Gasteiger partial charge in [-0.25, -0.2) is 4.79 Å². The first-order chi connectivity index (χ1) is 8.75. The third-order valence-electron chi connectivity index (χ3n) is 3.31. The van der Waals surface area contributed by atoms with Crippen molar-refractivity contribution < 1.29 is 4.79 Å². The molecule has 2 amide bonds. The molecule has 1 aliphatic carbocycles. The molecule has 18 heavy (non-hydrogen) atoms. The van der Waals surface area contributed by atoms with Crippen molar-refractivity contribution >= 4 is 23.3 Å². The number of carbonyl (C=O) groups excluding carboxylic acids is 1. The maximum Gasteiger partial charge on any atom is 0.319 e. The quantitative estimate of drug-likeness (QED) is 0.775. The summed E-state index contributed by atoms with van der Waals surface area (Å²) >= 11 is 5.99. The number of halogens is 1. The van der Waals surface area contributed by atoms with Gasteiger partial charge >= 0.3 is 6.03 Å². The second-order valence-corrected chi connectivity index (χ2v) is 5.17. The van der Waals surface area contributed by atoms with Crippen molar-refractivity contribution in [3.8, 4) is 0 Å². The molecule has 1 aromatic carbocycles. The summed E-state index contributed by atoms with van der Waals surface area (Å²) in [5.41, 5.74) is 0.658. The van der Waals surface area contributed by atoms with Crippen molar-refractivity contribution in [3.05, 3.63) is 29.3 Å². The van der Waals surface area contributed by atoms with Gasteiger partial charge in [0.25, 0.3) is 0 Å². The van der Waals surface area contributed by atoms with E-state index < -0.39 is 0 Å². The van der Waals surface area contributed by atoms with E-state index in [4.69, 9.17) is 11.6 Å². The van der Waals surface area contributed by atoms with Gasteiger partial charge in [-0.15, -0.1) is 0 Å². The van der Waals surface area contributed by atoms with Gasteiger partial charge in [-0.05, 0) is 25.0 Å². The van der Waals surface area contributed by atoms with Crippen LogP contribution in [-0.4, -0.2) is 12.1 Å². The van der Waals surface area contributed by atoms with E-state index in [-0.39, 0.29) is 6.03 Å². The van der Waals surface area contributed by atoms with E-state index in [9.17, 15) is 4.79 Å². The number of hydrogen-bond acceptors (Lipinski definition) is 1. The molecule has 1 saturated carbocycles. The Hall–Kier alpha value is -1.22. The Morgan fingerprint density at radius 1 is 1.11 bits per heavy atom. The lowest BCUT2D eigenvalue weighted by atomic mass is 10.1. The molecule has 0 bridgehead atoms. The van der Waals surface area contributed by atoms with Crippen LogP contribution in [0.1, 0.15) is 38.5 Å². The molecule has 4 heteroatoms. The van der Waals surface area contributed by atoms with Gasteiger partial charge in [-0.2, -0.15) is 0 Å². The summed E-state index contributed by atoms with van der Waals surface area (Å²) < 4.78 is 0. The molecule has 98 valence electrons. The van der Waals surface area contributed by atoms with Crippen molar-refractivity contribution in [1.82, 2.24) is 5.32 Å². The van der Waals surface area contributed by atoms with E-state index >= 15 is 0 Å². The number of urea groups is 1. The van der Waals surface area contributed by atoms with Gasteiger partial charge < -0.3 is 10.6 Å². The number of anilines is 1. The van der Waals surface area contributed by atoms with Gasteiger partial charge in [0.1, 0.15) is 0 Å². The van der Waals surface area contributed by atoms with E-state index in [0.29, 0.717) is 16.8 Å². The van der Waals surface area contributed by atoms with Gasteiger partial charge in [0, 0.05) is 6.04 Å². The monoisotopic (exact) mass is 266 g/mol. The molecule has 0 aromatic heterocycles. The minimum Gasteiger partial charge on any atom is -0.335 e. The average molecular weight is 267 g/mol. The molecule has 1 aliphatic rings. The highest BCUT2D eigenvalue weighted by atomic mass is 35.5. The van der Waals surface area contributed by atoms with Crippen LogP contribution in [0.25, 0.3) is 0 Å². The summed E-state index contributed by atoms with van der Waals surface area (Å²) in [4.78, 5) is 11.9.